The molecule has 144 valence electrons. The minimum absolute atomic E-state index is 0.0259. The van der Waals surface area contributed by atoms with Gasteiger partial charge in [0.25, 0.3) is 10.0 Å². The van der Waals surface area contributed by atoms with Crippen molar-refractivity contribution in [3.63, 3.8) is 0 Å². The first kappa shape index (κ1) is 19.1. The molecule has 0 fully saturated rings. The summed E-state index contributed by atoms with van der Waals surface area (Å²) in [7, 11) is -2.34. The van der Waals surface area contributed by atoms with E-state index in [-0.39, 0.29) is 21.5 Å². The number of benzene rings is 2. The molecule has 2 heterocycles. The van der Waals surface area contributed by atoms with Gasteiger partial charge in [-0.1, -0.05) is 29.4 Å². The summed E-state index contributed by atoms with van der Waals surface area (Å²) in [6.45, 7) is 0. The molecule has 3 aromatic rings. The fourth-order valence-electron chi connectivity index (χ4n) is 2.84. The van der Waals surface area contributed by atoms with Crippen molar-refractivity contribution in [1.29, 1.82) is 0 Å². The SMILES string of the molecule is CN1c2ccc(Cl)cc2-c2nc(SCc3ccc(F)cc3F)ncc2S1(=O)=O. The lowest BCUT2D eigenvalue weighted by Gasteiger charge is -2.28. The van der Waals surface area contributed by atoms with Gasteiger partial charge in [-0.2, -0.15) is 0 Å². The molecular formula is C18H12ClF2N3O2S2. The van der Waals surface area contributed by atoms with E-state index in [0.29, 0.717) is 21.8 Å². The third-order valence-electron chi connectivity index (χ3n) is 4.30. The molecule has 0 aliphatic carbocycles. The normalized spacial score (nSPS) is 14.5. The van der Waals surface area contributed by atoms with Gasteiger partial charge in [-0.15, -0.1) is 0 Å². The highest BCUT2D eigenvalue weighted by molar-refractivity contribution is 7.98. The monoisotopic (exact) mass is 439 g/mol. The Morgan fingerprint density at radius 2 is 1.96 bits per heavy atom. The summed E-state index contributed by atoms with van der Waals surface area (Å²) in [6.07, 6.45) is 1.24. The van der Waals surface area contributed by atoms with Gasteiger partial charge in [-0.05, 0) is 29.8 Å². The molecule has 0 bridgehead atoms. The molecule has 0 spiro atoms. The van der Waals surface area contributed by atoms with E-state index in [4.69, 9.17) is 11.6 Å². The van der Waals surface area contributed by atoms with Gasteiger partial charge in [0.05, 0.1) is 17.6 Å². The second kappa shape index (κ2) is 6.98. The first-order valence-corrected chi connectivity index (χ1v) is 10.8. The topological polar surface area (TPSA) is 63.2 Å². The molecule has 0 amide bonds. The first-order chi connectivity index (χ1) is 13.3. The molecule has 0 radical (unpaired) electrons. The second-order valence-corrected chi connectivity index (χ2v) is 9.34. The third-order valence-corrected chi connectivity index (χ3v) is 7.21. The predicted octanol–water partition coefficient (Wildman–Crippen LogP) is 4.51. The number of fused-ring (bicyclic) bond motifs is 3. The lowest BCUT2D eigenvalue weighted by atomic mass is 10.1. The summed E-state index contributed by atoms with van der Waals surface area (Å²) >= 11 is 7.20. The Hall–Kier alpha value is -2.23. The van der Waals surface area contributed by atoms with E-state index in [1.54, 1.807) is 18.2 Å². The summed E-state index contributed by atoms with van der Waals surface area (Å²) in [5, 5.41) is 0.715. The second-order valence-electron chi connectivity index (χ2n) is 6.02. The molecule has 0 saturated heterocycles. The number of aromatic nitrogens is 2. The van der Waals surface area contributed by atoms with E-state index in [1.165, 1.54) is 25.4 Å². The number of nitrogens with zero attached hydrogens (tertiary/aromatic N) is 3. The molecule has 0 unspecified atom stereocenters. The highest BCUT2D eigenvalue weighted by atomic mass is 35.5. The fraction of sp³-hybridized carbons (Fsp3) is 0.111. The van der Waals surface area contributed by atoms with E-state index in [9.17, 15) is 17.2 Å². The molecule has 0 N–H and O–H groups in total. The van der Waals surface area contributed by atoms with Crippen molar-refractivity contribution >= 4 is 39.1 Å². The summed E-state index contributed by atoms with van der Waals surface area (Å²) in [4.78, 5) is 8.45. The number of sulfonamides is 1. The molecule has 4 rings (SSSR count). The summed E-state index contributed by atoms with van der Waals surface area (Å²) in [6, 6.07) is 8.19. The van der Waals surface area contributed by atoms with Crippen LogP contribution >= 0.6 is 23.4 Å². The Morgan fingerprint density at radius 3 is 2.71 bits per heavy atom. The molecule has 1 aliphatic heterocycles. The molecule has 1 aromatic heterocycles. The largest absolute Gasteiger partial charge is 0.269 e. The van der Waals surface area contributed by atoms with Crippen molar-refractivity contribution in [1.82, 2.24) is 9.97 Å². The van der Waals surface area contributed by atoms with Gasteiger partial charge in [-0.25, -0.2) is 27.2 Å². The smallest absolute Gasteiger partial charge is 0.267 e. The zero-order valence-corrected chi connectivity index (χ0v) is 16.7. The van der Waals surface area contributed by atoms with Crippen LogP contribution in [0.15, 0.2) is 52.6 Å². The van der Waals surface area contributed by atoms with Gasteiger partial charge in [0, 0.05) is 29.5 Å². The molecule has 2 aromatic carbocycles. The molecule has 0 atom stereocenters. The quantitative estimate of drug-likeness (QED) is 0.444. The van der Waals surface area contributed by atoms with Crippen LogP contribution in [0.25, 0.3) is 11.3 Å². The Morgan fingerprint density at radius 1 is 1.18 bits per heavy atom. The van der Waals surface area contributed by atoms with E-state index >= 15 is 0 Å². The average Bonchev–Trinajstić information content (AvgIpc) is 2.65. The third kappa shape index (κ3) is 3.23. The number of halogens is 3. The van der Waals surface area contributed by atoms with Gasteiger partial charge in [-0.3, -0.25) is 4.31 Å². The summed E-state index contributed by atoms with van der Waals surface area (Å²) < 4.78 is 53.5. The van der Waals surface area contributed by atoms with E-state index in [0.717, 1.165) is 22.1 Å². The molecule has 5 nitrogen and oxygen atoms in total. The van der Waals surface area contributed by atoms with Crippen LogP contribution in [0.1, 0.15) is 5.56 Å². The fourth-order valence-corrected chi connectivity index (χ4v) is 5.11. The highest BCUT2D eigenvalue weighted by Gasteiger charge is 2.34. The van der Waals surface area contributed by atoms with E-state index in [1.807, 2.05) is 0 Å². The van der Waals surface area contributed by atoms with Gasteiger partial charge < -0.3 is 0 Å². The molecule has 1 aliphatic rings. The summed E-state index contributed by atoms with van der Waals surface area (Å²) in [5.74, 6) is -1.15. The van der Waals surface area contributed by atoms with Crippen LogP contribution in [0.5, 0.6) is 0 Å². The summed E-state index contributed by atoms with van der Waals surface area (Å²) in [5.41, 5.74) is 1.56. The van der Waals surface area contributed by atoms with Crippen molar-refractivity contribution in [3.05, 3.63) is 64.8 Å². The van der Waals surface area contributed by atoms with E-state index in [2.05, 4.69) is 9.97 Å². The van der Waals surface area contributed by atoms with Crippen molar-refractivity contribution < 1.29 is 17.2 Å². The Bertz CT molecular complexity index is 1210. The molecule has 0 saturated carbocycles. The van der Waals surface area contributed by atoms with Crippen LogP contribution in [-0.2, 0) is 15.8 Å². The van der Waals surface area contributed by atoms with Gasteiger partial charge in [0.1, 0.15) is 16.5 Å². The van der Waals surface area contributed by atoms with Crippen LogP contribution in [0.2, 0.25) is 5.02 Å². The van der Waals surface area contributed by atoms with Crippen LogP contribution in [0.3, 0.4) is 0 Å². The number of hydrogen-bond acceptors (Lipinski definition) is 5. The van der Waals surface area contributed by atoms with Crippen LogP contribution in [-0.4, -0.2) is 25.4 Å². The van der Waals surface area contributed by atoms with Crippen molar-refractivity contribution in [2.75, 3.05) is 11.4 Å². The van der Waals surface area contributed by atoms with Gasteiger partial charge >= 0.3 is 0 Å². The lowest BCUT2D eigenvalue weighted by molar-refractivity contribution is 0.576. The number of rotatable bonds is 3. The number of thioether (sulfide) groups is 1. The van der Waals surface area contributed by atoms with Crippen molar-refractivity contribution in [2.45, 2.75) is 15.8 Å². The maximum atomic E-state index is 13.8. The number of anilines is 1. The van der Waals surface area contributed by atoms with Gasteiger partial charge in [0.15, 0.2) is 5.16 Å². The van der Waals surface area contributed by atoms with Crippen LogP contribution in [0.4, 0.5) is 14.5 Å². The first-order valence-electron chi connectivity index (χ1n) is 8.00. The Labute approximate surface area is 169 Å². The number of hydrogen-bond donors (Lipinski definition) is 0. The zero-order valence-electron chi connectivity index (χ0n) is 14.4. The minimum atomic E-state index is -3.79. The van der Waals surface area contributed by atoms with Crippen LogP contribution in [0, 0.1) is 11.6 Å². The maximum absolute atomic E-state index is 13.8. The zero-order chi connectivity index (χ0) is 20.1. The Balaban J connectivity index is 1.74. The van der Waals surface area contributed by atoms with Crippen molar-refractivity contribution in [3.8, 4) is 11.3 Å². The minimum Gasteiger partial charge on any atom is -0.269 e. The molecule has 28 heavy (non-hydrogen) atoms. The average molecular weight is 440 g/mol. The standard InChI is InChI=1S/C18H12ClF2N3O2S2/c1-24-15-5-3-11(19)6-13(15)17-16(28(24,25)26)8-22-18(23-17)27-9-10-2-4-12(20)7-14(10)21/h2-8H,9H2,1H3. The maximum Gasteiger partial charge on any atom is 0.267 e. The predicted molar refractivity (Wildman–Crippen MR) is 104 cm³/mol. The Kier molecular flexibility index (Phi) is 4.76. The molecule has 10 heteroatoms. The molecular weight excluding hydrogens is 428 g/mol. The highest BCUT2D eigenvalue weighted by Crippen LogP contribution is 2.42. The van der Waals surface area contributed by atoms with Gasteiger partial charge in [0.2, 0.25) is 0 Å². The van der Waals surface area contributed by atoms with Crippen LogP contribution < -0.4 is 4.31 Å². The van der Waals surface area contributed by atoms with E-state index < -0.39 is 21.7 Å². The lowest BCUT2D eigenvalue weighted by Crippen LogP contribution is -2.31. The van der Waals surface area contributed by atoms with Crippen molar-refractivity contribution in [2.24, 2.45) is 0 Å².